The van der Waals surface area contributed by atoms with E-state index < -0.39 is 0 Å². The zero-order valence-corrected chi connectivity index (χ0v) is 16.3. The first-order valence-electron chi connectivity index (χ1n) is 9.62. The lowest BCUT2D eigenvalue weighted by molar-refractivity contribution is -0.0680. The minimum Gasteiger partial charge on any atom is -0.459 e. The van der Waals surface area contributed by atoms with E-state index in [1.165, 1.54) is 6.26 Å². The van der Waals surface area contributed by atoms with E-state index in [2.05, 4.69) is 29.4 Å². The average Bonchev–Trinajstić information content (AvgIpc) is 3.20. The highest BCUT2D eigenvalue weighted by molar-refractivity contribution is 6.02. The van der Waals surface area contributed by atoms with E-state index in [-0.39, 0.29) is 29.8 Å². The number of anilines is 1. The first-order valence-corrected chi connectivity index (χ1v) is 9.62. The number of rotatable bonds is 7. The number of furan rings is 1. The van der Waals surface area contributed by atoms with Crippen LogP contribution in [0.5, 0.6) is 0 Å². The second-order valence-corrected chi connectivity index (χ2v) is 7.14. The highest BCUT2D eigenvalue weighted by Crippen LogP contribution is 2.12. The number of carbonyl (C=O) groups is 2. The van der Waals surface area contributed by atoms with E-state index in [0.29, 0.717) is 17.8 Å². The second kappa shape index (κ2) is 9.52. The summed E-state index contributed by atoms with van der Waals surface area (Å²) >= 11 is 0. The number of nitrogens with zero attached hydrogens (tertiary/aromatic N) is 1. The summed E-state index contributed by atoms with van der Waals surface area (Å²) < 4.78 is 10.8. The smallest absolute Gasteiger partial charge is 0.291 e. The van der Waals surface area contributed by atoms with Crippen LogP contribution >= 0.6 is 0 Å². The lowest BCUT2D eigenvalue weighted by Gasteiger charge is -2.35. The number of hydrogen-bond acceptors (Lipinski definition) is 5. The van der Waals surface area contributed by atoms with Crippen LogP contribution in [0.1, 0.15) is 41.2 Å². The zero-order chi connectivity index (χ0) is 19.9. The van der Waals surface area contributed by atoms with Crippen molar-refractivity contribution in [3.8, 4) is 0 Å². The molecule has 1 aliphatic heterocycles. The van der Waals surface area contributed by atoms with Gasteiger partial charge in [0.05, 0.1) is 18.5 Å². The Kier molecular flexibility index (Phi) is 6.84. The highest BCUT2D eigenvalue weighted by atomic mass is 16.5. The molecule has 1 saturated heterocycles. The van der Waals surface area contributed by atoms with Crippen molar-refractivity contribution < 1.29 is 18.7 Å². The van der Waals surface area contributed by atoms with E-state index in [4.69, 9.17) is 9.15 Å². The maximum absolute atomic E-state index is 12.3. The van der Waals surface area contributed by atoms with Gasteiger partial charge in [-0.15, -0.1) is 0 Å². The Balaban J connectivity index is 1.40. The maximum atomic E-state index is 12.3. The van der Waals surface area contributed by atoms with Crippen LogP contribution in [0.25, 0.3) is 0 Å². The van der Waals surface area contributed by atoms with Crippen molar-refractivity contribution in [2.75, 3.05) is 31.5 Å². The van der Waals surface area contributed by atoms with Crippen LogP contribution in [0.15, 0.2) is 47.1 Å². The molecule has 2 aromatic rings. The van der Waals surface area contributed by atoms with Crippen molar-refractivity contribution in [3.63, 3.8) is 0 Å². The molecule has 7 nitrogen and oxygen atoms in total. The third kappa shape index (κ3) is 5.68. The van der Waals surface area contributed by atoms with Crippen LogP contribution in [-0.4, -0.2) is 55.1 Å². The molecule has 1 aliphatic rings. The molecule has 3 rings (SSSR count). The first kappa shape index (κ1) is 20.1. The van der Waals surface area contributed by atoms with Crippen LogP contribution in [0.2, 0.25) is 0 Å². The third-order valence-electron chi connectivity index (χ3n) is 4.58. The number of ether oxygens (including phenoxy) is 1. The first-order chi connectivity index (χ1) is 13.5. The van der Waals surface area contributed by atoms with Gasteiger partial charge in [-0.05, 0) is 56.7 Å². The Labute approximate surface area is 165 Å². The molecular formula is C21H27N3O4. The third-order valence-corrected chi connectivity index (χ3v) is 4.58. The standard InChI is InChI=1S/C21H27N3O4/c1-15-13-24(14-16(2)28-15)11-4-10-22-20(25)17-6-8-18(9-7-17)23-21(26)19-5-3-12-27-19/h3,5-9,12,15-16H,4,10-11,13-14H2,1-2H3,(H,22,25)(H,23,26)/t15-,16-/m1/s1. The van der Waals surface area contributed by atoms with Gasteiger partial charge in [0, 0.05) is 37.4 Å². The van der Waals surface area contributed by atoms with Gasteiger partial charge >= 0.3 is 0 Å². The number of carbonyl (C=O) groups excluding carboxylic acids is 2. The molecule has 0 unspecified atom stereocenters. The predicted molar refractivity (Wildman–Crippen MR) is 107 cm³/mol. The summed E-state index contributed by atoms with van der Waals surface area (Å²) in [5.74, 6) is -0.201. The second-order valence-electron chi connectivity index (χ2n) is 7.14. The Hall–Kier alpha value is -2.64. The molecular weight excluding hydrogens is 358 g/mol. The number of morpholine rings is 1. The molecule has 28 heavy (non-hydrogen) atoms. The molecule has 0 spiro atoms. The predicted octanol–water partition coefficient (Wildman–Crippen LogP) is 2.76. The Morgan fingerprint density at radius 1 is 1.07 bits per heavy atom. The summed E-state index contributed by atoms with van der Waals surface area (Å²) in [4.78, 5) is 26.6. The summed E-state index contributed by atoms with van der Waals surface area (Å²) in [5.41, 5.74) is 1.16. The molecule has 150 valence electrons. The van der Waals surface area contributed by atoms with Gasteiger partial charge in [0.25, 0.3) is 11.8 Å². The molecule has 2 heterocycles. The fourth-order valence-electron chi connectivity index (χ4n) is 3.38. The summed E-state index contributed by atoms with van der Waals surface area (Å²) in [6, 6.07) is 10.0. The van der Waals surface area contributed by atoms with Crippen LogP contribution in [0.3, 0.4) is 0 Å². The highest BCUT2D eigenvalue weighted by Gasteiger charge is 2.21. The van der Waals surface area contributed by atoms with Gasteiger partial charge in [0.15, 0.2) is 5.76 Å². The van der Waals surface area contributed by atoms with Gasteiger partial charge in [-0.25, -0.2) is 0 Å². The van der Waals surface area contributed by atoms with Gasteiger partial charge in [-0.1, -0.05) is 0 Å². The summed E-state index contributed by atoms with van der Waals surface area (Å²) in [5, 5.41) is 5.67. The summed E-state index contributed by atoms with van der Waals surface area (Å²) in [6.07, 6.45) is 2.85. The molecule has 1 aromatic carbocycles. The Morgan fingerprint density at radius 3 is 2.43 bits per heavy atom. The SMILES string of the molecule is C[C@@H]1CN(CCCNC(=O)c2ccc(NC(=O)c3ccco3)cc2)C[C@@H](C)O1. The quantitative estimate of drug-likeness (QED) is 0.716. The average molecular weight is 385 g/mol. The number of amides is 2. The van der Waals surface area contributed by atoms with E-state index in [0.717, 1.165) is 26.1 Å². The Bertz CT molecular complexity index is 763. The monoisotopic (exact) mass is 385 g/mol. The number of hydrogen-bond donors (Lipinski definition) is 2. The molecule has 7 heteroatoms. The lowest BCUT2D eigenvalue weighted by Crippen LogP contribution is -2.46. The van der Waals surface area contributed by atoms with Crippen molar-refractivity contribution in [1.29, 1.82) is 0 Å². The van der Waals surface area contributed by atoms with Crippen molar-refractivity contribution in [2.24, 2.45) is 0 Å². The molecule has 0 aliphatic carbocycles. The van der Waals surface area contributed by atoms with Crippen LogP contribution in [0.4, 0.5) is 5.69 Å². The number of benzene rings is 1. The largest absolute Gasteiger partial charge is 0.459 e. The molecule has 2 amide bonds. The molecule has 0 saturated carbocycles. The van der Waals surface area contributed by atoms with Gasteiger partial charge < -0.3 is 19.8 Å². The van der Waals surface area contributed by atoms with Crippen LogP contribution in [0, 0.1) is 0 Å². The maximum Gasteiger partial charge on any atom is 0.291 e. The zero-order valence-electron chi connectivity index (χ0n) is 16.3. The van der Waals surface area contributed by atoms with Crippen LogP contribution in [-0.2, 0) is 4.74 Å². The molecule has 1 aromatic heterocycles. The van der Waals surface area contributed by atoms with E-state index >= 15 is 0 Å². The molecule has 2 N–H and O–H groups in total. The Morgan fingerprint density at radius 2 is 1.79 bits per heavy atom. The van der Waals surface area contributed by atoms with Gasteiger partial charge in [0.1, 0.15) is 0 Å². The summed E-state index contributed by atoms with van der Waals surface area (Å²) in [6.45, 7) is 7.61. The molecule has 1 fully saturated rings. The van der Waals surface area contributed by atoms with Crippen molar-refractivity contribution >= 4 is 17.5 Å². The van der Waals surface area contributed by atoms with Gasteiger partial charge in [-0.2, -0.15) is 0 Å². The number of nitrogens with one attached hydrogen (secondary N) is 2. The minimum atomic E-state index is -0.325. The van der Waals surface area contributed by atoms with E-state index in [1.807, 2.05) is 0 Å². The fraction of sp³-hybridized carbons (Fsp3) is 0.429. The lowest BCUT2D eigenvalue weighted by atomic mass is 10.2. The molecule has 0 radical (unpaired) electrons. The van der Waals surface area contributed by atoms with Gasteiger partial charge in [-0.3, -0.25) is 14.5 Å². The minimum absolute atomic E-state index is 0.118. The van der Waals surface area contributed by atoms with Crippen molar-refractivity contribution in [1.82, 2.24) is 10.2 Å². The van der Waals surface area contributed by atoms with E-state index in [9.17, 15) is 9.59 Å². The topological polar surface area (TPSA) is 83.8 Å². The van der Waals surface area contributed by atoms with Crippen LogP contribution < -0.4 is 10.6 Å². The van der Waals surface area contributed by atoms with Crippen molar-refractivity contribution in [2.45, 2.75) is 32.5 Å². The molecule has 0 bridgehead atoms. The normalized spacial score (nSPS) is 19.9. The fourth-order valence-corrected chi connectivity index (χ4v) is 3.38. The summed E-state index contributed by atoms with van der Waals surface area (Å²) in [7, 11) is 0. The van der Waals surface area contributed by atoms with Crippen molar-refractivity contribution in [3.05, 3.63) is 54.0 Å². The van der Waals surface area contributed by atoms with Gasteiger partial charge in [0.2, 0.25) is 0 Å². The molecule has 2 atom stereocenters. The van der Waals surface area contributed by atoms with E-state index in [1.54, 1.807) is 36.4 Å².